The van der Waals surface area contributed by atoms with E-state index in [0.717, 1.165) is 43.7 Å². The minimum Gasteiger partial charge on any atom is -0.497 e. The molecule has 0 aromatic heterocycles. The molecule has 0 bridgehead atoms. The highest BCUT2D eigenvalue weighted by atomic mass is 16.5. The maximum absolute atomic E-state index is 11.1. The van der Waals surface area contributed by atoms with Crippen molar-refractivity contribution in [3.8, 4) is 5.75 Å². The summed E-state index contributed by atoms with van der Waals surface area (Å²) < 4.78 is 5.20. The molecule has 18 heavy (non-hydrogen) atoms. The lowest BCUT2D eigenvalue weighted by molar-refractivity contribution is 0.112. The van der Waals surface area contributed by atoms with Crippen molar-refractivity contribution in [2.45, 2.75) is 12.8 Å². The minimum atomic E-state index is 0.256. The van der Waals surface area contributed by atoms with E-state index < -0.39 is 0 Å². The number of rotatable bonds is 4. The highest BCUT2D eigenvalue weighted by molar-refractivity contribution is 5.85. The second kappa shape index (κ2) is 5.87. The van der Waals surface area contributed by atoms with E-state index in [1.54, 1.807) is 19.2 Å². The summed E-state index contributed by atoms with van der Waals surface area (Å²) in [7, 11) is 1.62. The van der Waals surface area contributed by atoms with Gasteiger partial charge in [0.1, 0.15) is 5.75 Å². The molecule has 1 aromatic rings. The molecule has 0 unspecified atom stereocenters. The van der Waals surface area contributed by atoms with Crippen LogP contribution in [0.1, 0.15) is 23.2 Å². The highest BCUT2D eigenvalue weighted by Gasteiger charge is 2.20. The van der Waals surface area contributed by atoms with E-state index >= 15 is 0 Å². The summed E-state index contributed by atoms with van der Waals surface area (Å²) >= 11 is 0. The second-order valence-electron chi connectivity index (χ2n) is 4.66. The Labute approximate surface area is 107 Å². The summed E-state index contributed by atoms with van der Waals surface area (Å²) in [6.07, 6.45) is 2.81. The van der Waals surface area contributed by atoms with Gasteiger partial charge < -0.3 is 14.7 Å². The normalized spacial score (nSPS) is 16.7. The molecule has 0 saturated carbocycles. The van der Waals surface area contributed by atoms with Gasteiger partial charge in [-0.1, -0.05) is 0 Å². The topological polar surface area (TPSA) is 49.8 Å². The van der Waals surface area contributed by atoms with Crippen molar-refractivity contribution >= 4 is 12.0 Å². The Hall–Kier alpha value is -1.55. The number of methoxy groups -OCH3 is 1. The molecule has 0 spiro atoms. The molecule has 1 heterocycles. The average Bonchev–Trinajstić information content (AvgIpc) is 2.46. The van der Waals surface area contributed by atoms with Crippen LogP contribution < -0.4 is 9.64 Å². The summed E-state index contributed by atoms with van der Waals surface area (Å²) in [4.78, 5) is 13.3. The molecule has 1 aliphatic heterocycles. The molecule has 0 atom stereocenters. The average molecular weight is 249 g/mol. The number of carbonyl (C=O) groups excluding carboxylic acids is 1. The predicted octanol–water partition coefficient (Wildman–Crippen LogP) is 1.72. The minimum absolute atomic E-state index is 0.256. The van der Waals surface area contributed by atoms with E-state index in [1.165, 1.54) is 0 Å². The largest absolute Gasteiger partial charge is 0.497 e. The van der Waals surface area contributed by atoms with E-state index in [1.807, 2.05) is 6.07 Å². The van der Waals surface area contributed by atoms with Crippen LogP contribution in [-0.2, 0) is 0 Å². The first-order valence-corrected chi connectivity index (χ1v) is 6.27. The molecule has 4 nitrogen and oxygen atoms in total. The smallest absolute Gasteiger partial charge is 0.152 e. The zero-order valence-electron chi connectivity index (χ0n) is 10.6. The van der Waals surface area contributed by atoms with Gasteiger partial charge in [-0.15, -0.1) is 0 Å². The third kappa shape index (κ3) is 2.64. The van der Waals surface area contributed by atoms with Crippen LogP contribution in [0.2, 0.25) is 0 Å². The van der Waals surface area contributed by atoms with Crippen LogP contribution in [0.15, 0.2) is 18.2 Å². The van der Waals surface area contributed by atoms with Crippen molar-refractivity contribution < 1.29 is 14.6 Å². The van der Waals surface area contributed by atoms with Crippen molar-refractivity contribution in [1.82, 2.24) is 0 Å². The monoisotopic (exact) mass is 249 g/mol. The van der Waals surface area contributed by atoms with Gasteiger partial charge in [-0.25, -0.2) is 0 Å². The number of benzene rings is 1. The van der Waals surface area contributed by atoms with Gasteiger partial charge in [0, 0.05) is 31.3 Å². The van der Waals surface area contributed by atoms with Crippen LogP contribution in [-0.4, -0.2) is 38.2 Å². The molecule has 4 heteroatoms. The third-order valence-corrected chi connectivity index (χ3v) is 3.58. The Morgan fingerprint density at radius 3 is 2.72 bits per heavy atom. The number of aliphatic hydroxyl groups excluding tert-OH is 1. The van der Waals surface area contributed by atoms with Gasteiger partial charge in [-0.05, 0) is 30.9 Å². The molecular weight excluding hydrogens is 230 g/mol. The Balaban J connectivity index is 2.19. The van der Waals surface area contributed by atoms with Gasteiger partial charge in [0.05, 0.1) is 12.8 Å². The van der Waals surface area contributed by atoms with Gasteiger partial charge in [0.25, 0.3) is 0 Å². The number of nitrogens with zero attached hydrogens (tertiary/aromatic N) is 1. The van der Waals surface area contributed by atoms with Crippen LogP contribution in [0, 0.1) is 5.92 Å². The van der Waals surface area contributed by atoms with E-state index in [9.17, 15) is 4.79 Å². The van der Waals surface area contributed by atoms with E-state index in [0.29, 0.717) is 11.5 Å². The van der Waals surface area contributed by atoms with Gasteiger partial charge in [0.2, 0.25) is 0 Å². The van der Waals surface area contributed by atoms with Crippen molar-refractivity contribution in [2.75, 3.05) is 31.7 Å². The number of aliphatic hydroxyl groups is 1. The lowest BCUT2D eigenvalue weighted by atomic mass is 9.97. The molecule has 1 saturated heterocycles. The first kappa shape index (κ1) is 12.9. The van der Waals surface area contributed by atoms with Gasteiger partial charge >= 0.3 is 0 Å². The number of hydrogen-bond donors (Lipinski definition) is 1. The quantitative estimate of drug-likeness (QED) is 0.825. The molecule has 0 radical (unpaired) electrons. The molecule has 1 aliphatic rings. The molecular formula is C14H19NO3. The number of hydrogen-bond acceptors (Lipinski definition) is 4. The number of anilines is 1. The first-order valence-electron chi connectivity index (χ1n) is 6.27. The molecule has 1 N–H and O–H groups in total. The highest BCUT2D eigenvalue weighted by Crippen LogP contribution is 2.28. The molecule has 1 fully saturated rings. The Morgan fingerprint density at radius 2 is 2.17 bits per heavy atom. The number of piperidine rings is 1. The van der Waals surface area contributed by atoms with Crippen LogP contribution >= 0.6 is 0 Å². The summed E-state index contributed by atoms with van der Waals surface area (Å²) in [5.74, 6) is 1.16. The van der Waals surface area contributed by atoms with Gasteiger partial charge in [-0.2, -0.15) is 0 Å². The third-order valence-electron chi connectivity index (χ3n) is 3.58. The molecule has 0 aliphatic carbocycles. The zero-order valence-corrected chi connectivity index (χ0v) is 10.6. The summed E-state index contributed by atoms with van der Waals surface area (Å²) in [6.45, 7) is 2.00. The van der Waals surface area contributed by atoms with Crippen molar-refractivity contribution in [3.63, 3.8) is 0 Å². The van der Waals surface area contributed by atoms with Gasteiger partial charge in [0.15, 0.2) is 6.29 Å². The fourth-order valence-corrected chi connectivity index (χ4v) is 2.38. The van der Waals surface area contributed by atoms with E-state index in [-0.39, 0.29) is 6.61 Å². The first-order chi connectivity index (χ1) is 8.78. The van der Waals surface area contributed by atoms with E-state index in [2.05, 4.69) is 4.90 Å². The fraction of sp³-hybridized carbons (Fsp3) is 0.500. The summed E-state index contributed by atoms with van der Waals surface area (Å²) in [5, 5.41) is 9.14. The lowest BCUT2D eigenvalue weighted by Crippen LogP contribution is -2.35. The standard InChI is InChI=1S/C14H19NO3/c1-18-13-3-2-12(10-17)14(8-13)15-6-4-11(9-16)5-7-15/h2-3,8,10-11,16H,4-7,9H2,1H3. The van der Waals surface area contributed by atoms with Crippen molar-refractivity contribution in [1.29, 1.82) is 0 Å². The zero-order chi connectivity index (χ0) is 13.0. The van der Waals surface area contributed by atoms with Crippen molar-refractivity contribution in [3.05, 3.63) is 23.8 Å². The second-order valence-corrected chi connectivity index (χ2v) is 4.66. The van der Waals surface area contributed by atoms with Crippen LogP contribution in [0.25, 0.3) is 0 Å². The summed E-state index contributed by atoms with van der Waals surface area (Å²) in [5.41, 5.74) is 1.62. The Kier molecular flexibility index (Phi) is 4.20. The maximum Gasteiger partial charge on any atom is 0.152 e. The molecule has 0 amide bonds. The Morgan fingerprint density at radius 1 is 1.44 bits per heavy atom. The van der Waals surface area contributed by atoms with Gasteiger partial charge in [-0.3, -0.25) is 4.79 Å². The number of ether oxygens (including phenoxy) is 1. The van der Waals surface area contributed by atoms with Crippen LogP contribution in [0.4, 0.5) is 5.69 Å². The number of carbonyl (C=O) groups is 1. The summed E-state index contributed by atoms with van der Waals surface area (Å²) in [6, 6.07) is 5.50. The maximum atomic E-state index is 11.1. The lowest BCUT2D eigenvalue weighted by Gasteiger charge is -2.33. The molecule has 98 valence electrons. The fourth-order valence-electron chi connectivity index (χ4n) is 2.38. The Bertz CT molecular complexity index is 412. The van der Waals surface area contributed by atoms with Crippen molar-refractivity contribution in [2.24, 2.45) is 5.92 Å². The molecule has 2 rings (SSSR count). The van der Waals surface area contributed by atoms with Crippen LogP contribution in [0.3, 0.4) is 0 Å². The predicted molar refractivity (Wildman–Crippen MR) is 70.4 cm³/mol. The van der Waals surface area contributed by atoms with E-state index in [4.69, 9.17) is 9.84 Å². The SMILES string of the molecule is COc1ccc(C=O)c(N2CCC(CO)CC2)c1. The molecule has 1 aromatic carbocycles. The number of aldehydes is 1. The van der Waals surface area contributed by atoms with Crippen LogP contribution in [0.5, 0.6) is 5.75 Å².